The molecule has 1 amide bonds. The molecular formula is C24H26N2O4S. The van der Waals surface area contributed by atoms with E-state index in [0.717, 1.165) is 23.6 Å². The predicted octanol–water partition coefficient (Wildman–Crippen LogP) is 4.28. The Hall–Kier alpha value is -2.90. The Kier molecular flexibility index (Phi) is 6.25. The Labute approximate surface area is 182 Å². The van der Waals surface area contributed by atoms with Crippen molar-refractivity contribution in [1.82, 2.24) is 4.31 Å². The first kappa shape index (κ1) is 21.3. The summed E-state index contributed by atoms with van der Waals surface area (Å²) in [7, 11) is -3.50. The van der Waals surface area contributed by atoms with Gasteiger partial charge in [-0.25, -0.2) is 8.42 Å². The van der Waals surface area contributed by atoms with E-state index in [4.69, 9.17) is 4.74 Å². The van der Waals surface area contributed by atoms with E-state index in [1.54, 1.807) is 12.1 Å². The van der Waals surface area contributed by atoms with Crippen LogP contribution in [-0.2, 0) is 14.8 Å². The second kappa shape index (κ2) is 9.08. The number of amides is 1. The topological polar surface area (TPSA) is 75.7 Å². The van der Waals surface area contributed by atoms with Crippen LogP contribution in [0.2, 0.25) is 0 Å². The highest BCUT2D eigenvalue weighted by molar-refractivity contribution is 7.89. The third-order valence-electron chi connectivity index (χ3n) is 5.61. The summed E-state index contributed by atoms with van der Waals surface area (Å²) in [6, 6.07) is 19.9. The van der Waals surface area contributed by atoms with E-state index in [0.29, 0.717) is 30.4 Å². The van der Waals surface area contributed by atoms with Crippen LogP contribution in [-0.4, -0.2) is 38.3 Å². The van der Waals surface area contributed by atoms with E-state index in [-0.39, 0.29) is 17.4 Å². The number of piperidine rings is 1. The fourth-order valence-electron chi connectivity index (χ4n) is 3.69. The first-order valence-electron chi connectivity index (χ1n) is 10.4. The molecule has 1 heterocycles. The van der Waals surface area contributed by atoms with Gasteiger partial charge < -0.3 is 10.1 Å². The molecule has 0 atom stereocenters. The van der Waals surface area contributed by atoms with Crippen molar-refractivity contribution < 1.29 is 17.9 Å². The van der Waals surface area contributed by atoms with Gasteiger partial charge in [0.25, 0.3) is 5.91 Å². The minimum atomic E-state index is -3.50. The van der Waals surface area contributed by atoms with Crippen molar-refractivity contribution in [3.05, 3.63) is 66.7 Å². The number of hydrogen-bond donors (Lipinski definition) is 1. The molecule has 0 radical (unpaired) electrons. The molecule has 1 aliphatic rings. The van der Waals surface area contributed by atoms with E-state index in [1.807, 2.05) is 42.5 Å². The largest absolute Gasteiger partial charge is 0.484 e. The number of carbonyl (C=O) groups excluding carboxylic acids is 1. The number of nitrogens with one attached hydrogen (secondary N) is 1. The number of anilines is 1. The zero-order valence-electron chi connectivity index (χ0n) is 17.5. The average molecular weight is 439 g/mol. The molecule has 1 saturated heterocycles. The quantitative estimate of drug-likeness (QED) is 0.623. The van der Waals surface area contributed by atoms with Gasteiger partial charge in [0.05, 0.1) is 4.90 Å². The van der Waals surface area contributed by atoms with Crippen LogP contribution in [0.4, 0.5) is 5.69 Å². The molecule has 1 aliphatic heterocycles. The van der Waals surface area contributed by atoms with Gasteiger partial charge in [-0.15, -0.1) is 0 Å². The highest BCUT2D eigenvalue weighted by Crippen LogP contribution is 2.24. The van der Waals surface area contributed by atoms with E-state index < -0.39 is 10.0 Å². The van der Waals surface area contributed by atoms with Crippen molar-refractivity contribution >= 4 is 32.4 Å². The lowest BCUT2D eigenvalue weighted by Crippen LogP contribution is -2.37. The highest BCUT2D eigenvalue weighted by atomic mass is 32.2. The van der Waals surface area contributed by atoms with Crippen molar-refractivity contribution in [1.29, 1.82) is 0 Å². The van der Waals surface area contributed by atoms with Crippen LogP contribution in [0.1, 0.15) is 19.8 Å². The second-order valence-electron chi connectivity index (χ2n) is 7.96. The Morgan fingerprint density at radius 3 is 2.39 bits per heavy atom. The van der Waals surface area contributed by atoms with Gasteiger partial charge in [-0.3, -0.25) is 4.79 Å². The normalized spacial score (nSPS) is 15.6. The van der Waals surface area contributed by atoms with Gasteiger partial charge in [0.15, 0.2) is 6.61 Å². The number of nitrogens with zero attached hydrogens (tertiary/aromatic N) is 1. The minimum absolute atomic E-state index is 0.135. The molecule has 7 heteroatoms. The van der Waals surface area contributed by atoms with Gasteiger partial charge in [0.2, 0.25) is 10.0 Å². The first-order valence-corrected chi connectivity index (χ1v) is 11.9. The molecular weight excluding hydrogens is 412 g/mol. The number of fused-ring (bicyclic) bond motifs is 1. The Morgan fingerprint density at radius 2 is 1.68 bits per heavy atom. The summed E-state index contributed by atoms with van der Waals surface area (Å²) in [6.07, 6.45) is 1.76. The molecule has 1 N–H and O–H groups in total. The van der Waals surface area contributed by atoms with Gasteiger partial charge >= 0.3 is 0 Å². The Morgan fingerprint density at radius 1 is 1.00 bits per heavy atom. The fraction of sp³-hybridized carbons (Fsp3) is 0.292. The molecule has 3 aromatic rings. The molecule has 0 bridgehead atoms. The summed E-state index contributed by atoms with van der Waals surface area (Å²) in [5.41, 5.74) is 0.526. The molecule has 0 saturated carbocycles. The SMILES string of the molecule is CC1CCN(S(=O)(=O)c2ccc(NC(=O)COc3ccc4ccccc4c3)cc2)CC1. The van der Waals surface area contributed by atoms with Crippen LogP contribution >= 0.6 is 0 Å². The zero-order valence-corrected chi connectivity index (χ0v) is 18.3. The summed E-state index contributed by atoms with van der Waals surface area (Å²) in [6.45, 7) is 3.11. The number of rotatable bonds is 6. The molecule has 0 aromatic heterocycles. The van der Waals surface area contributed by atoms with Gasteiger partial charge in [-0.2, -0.15) is 4.31 Å². The summed E-state index contributed by atoms with van der Waals surface area (Å²) >= 11 is 0. The smallest absolute Gasteiger partial charge is 0.262 e. The lowest BCUT2D eigenvalue weighted by atomic mass is 10.0. The third kappa shape index (κ3) is 5.06. The van der Waals surface area contributed by atoms with Crippen LogP contribution in [0.25, 0.3) is 10.8 Å². The lowest BCUT2D eigenvalue weighted by Gasteiger charge is -2.29. The van der Waals surface area contributed by atoms with Crippen molar-refractivity contribution in [2.24, 2.45) is 5.92 Å². The van der Waals surface area contributed by atoms with Gasteiger partial charge in [0, 0.05) is 18.8 Å². The van der Waals surface area contributed by atoms with Crippen LogP contribution < -0.4 is 10.1 Å². The highest BCUT2D eigenvalue weighted by Gasteiger charge is 2.27. The maximum atomic E-state index is 12.8. The summed E-state index contributed by atoms with van der Waals surface area (Å²) < 4.78 is 32.7. The van der Waals surface area contributed by atoms with Crippen molar-refractivity contribution in [3.63, 3.8) is 0 Å². The van der Waals surface area contributed by atoms with Crippen LogP contribution in [0.3, 0.4) is 0 Å². The van der Waals surface area contributed by atoms with E-state index >= 15 is 0 Å². The summed E-state index contributed by atoms with van der Waals surface area (Å²) in [5.74, 6) is 0.862. The van der Waals surface area contributed by atoms with E-state index in [9.17, 15) is 13.2 Å². The average Bonchev–Trinajstić information content (AvgIpc) is 2.78. The molecule has 4 rings (SSSR count). The molecule has 1 fully saturated rings. The van der Waals surface area contributed by atoms with E-state index in [2.05, 4.69) is 12.2 Å². The van der Waals surface area contributed by atoms with Crippen molar-refractivity contribution in [2.45, 2.75) is 24.7 Å². The summed E-state index contributed by atoms with van der Waals surface area (Å²) in [5, 5.41) is 4.89. The van der Waals surface area contributed by atoms with Crippen LogP contribution in [0, 0.1) is 5.92 Å². The molecule has 3 aromatic carbocycles. The molecule has 162 valence electrons. The first-order chi connectivity index (χ1) is 14.9. The van der Waals surface area contributed by atoms with Gasteiger partial charge in [0.1, 0.15) is 5.75 Å². The van der Waals surface area contributed by atoms with Crippen LogP contribution in [0.15, 0.2) is 71.6 Å². The molecule has 0 spiro atoms. The van der Waals surface area contributed by atoms with Crippen molar-refractivity contribution in [2.75, 3.05) is 25.0 Å². The predicted molar refractivity (Wildman–Crippen MR) is 122 cm³/mol. The number of ether oxygens (including phenoxy) is 1. The molecule has 31 heavy (non-hydrogen) atoms. The number of benzene rings is 3. The molecule has 0 aliphatic carbocycles. The monoisotopic (exact) mass is 438 g/mol. The van der Waals surface area contributed by atoms with Crippen LogP contribution in [0.5, 0.6) is 5.75 Å². The zero-order chi connectivity index (χ0) is 21.8. The maximum absolute atomic E-state index is 12.8. The van der Waals surface area contributed by atoms with Gasteiger partial charge in [-0.1, -0.05) is 37.3 Å². The Balaban J connectivity index is 1.34. The number of carbonyl (C=O) groups is 1. The summed E-state index contributed by atoms with van der Waals surface area (Å²) in [4.78, 5) is 12.5. The number of hydrogen-bond acceptors (Lipinski definition) is 4. The molecule has 6 nitrogen and oxygen atoms in total. The number of sulfonamides is 1. The van der Waals surface area contributed by atoms with E-state index in [1.165, 1.54) is 16.4 Å². The third-order valence-corrected chi connectivity index (χ3v) is 7.52. The minimum Gasteiger partial charge on any atom is -0.484 e. The lowest BCUT2D eigenvalue weighted by molar-refractivity contribution is -0.118. The van der Waals surface area contributed by atoms with Crippen molar-refractivity contribution in [3.8, 4) is 5.75 Å². The fourth-order valence-corrected chi connectivity index (χ4v) is 5.16. The standard InChI is InChI=1S/C24H26N2O4S/c1-18-12-14-26(15-13-18)31(28,29)23-10-7-21(8-11-23)25-24(27)17-30-22-9-6-19-4-2-3-5-20(19)16-22/h2-11,16,18H,12-15,17H2,1H3,(H,25,27). The molecule has 0 unspecified atom stereocenters. The second-order valence-corrected chi connectivity index (χ2v) is 9.89. The Bertz CT molecular complexity index is 1170. The maximum Gasteiger partial charge on any atom is 0.262 e. The van der Waals surface area contributed by atoms with Gasteiger partial charge in [-0.05, 0) is 65.9 Å².